The van der Waals surface area contributed by atoms with E-state index in [9.17, 15) is 0 Å². The molecule has 0 spiro atoms. The first kappa shape index (κ1) is 9.29. The molecule has 1 heterocycles. The molecular formula is C8H16N4. The number of hydrogen-bond donors (Lipinski definition) is 0. The fraction of sp³-hybridized carbons (Fsp3) is 1.00. The first-order chi connectivity index (χ1) is 5.88. The highest BCUT2D eigenvalue weighted by Crippen LogP contribution is 2.24. The topological polar surface area (TPSA) is 49.4 Å². The highest BCUT2D eigenvalue weighted by atomic mass is 15.6. The maximum atomic E-state index is 3.96. The Bertz CT molecular complexity index is 158. The van der Waals surface area contributed by atoms with Crippen LogP contribution in [0.5, 0.6) is 0 Å². The van der Waals surface area contributed by atoms with Crippen LogP contribution in [0.25, 0.3) is 0 Å². The van der Waals surface area contributed by atoms with Gasteiger partial charge in [0, 0.05) is 5.92 Å². The van der Waals surface area contributed by atoms with Gasteiger partial charge in [-0.3, -0.25) is 0 Å². The van der Waals surface area contributed by atoms with E-state index < -0.39 is 0 Å². The van der Waals surface area contributed by atoms with Crippen LogP contribution < -0.4 is 0 Å². The largest absolute Gasteiger partial charge is 0.188 e. The van der Waals surface area contributed by atoms with E-state index in [0.29, 0.717) is 5.92 Å². The van der Waals surface area contributed by atoms with Crippen molar-refractivity contribution in [2.45, 2.75) is 45.7 Å². The Labute approximate surface area is 73.2 Å². The molecule has 0 radical (unpaired) electrons. The normalized spacial score (nSPS) is 16.6. The van der Waals surface area contributed by atoms with E-state index in [1.807, 2.05) is 0 Å². The summed E-state index contributed by atoms with van der Waals surface area (Å²) in [6.07, 6.45) is 4.75. The standard InChI is InChI=1S/C8H16N4/c1-3-5-7(6-4-2)8-9-11-12-10-8/h7-8H,3-6H2,1-2H3. The summed E-state index contributed by atoms with van der Waals surface area (Å²) in [5.41, 5.74) is 0. The summed E-state index contributed by atoms with van der Waals surface area (Å²) in [5, 5.41) is 15.0. The van der Waals surface area contributed by atoms with Gasteiger partial charge in [-0.2, -0.15) is 0 Å². The summed E-state index contributed by atoms with van der Waals surface area (Å²) < 4.78 is 0. The van der Waals surface area contributed by atoms with Crippen LogP contribution in [-0.2, 0) is 0 Å². The Kier molecular flexibility index (Phi) is 3.84. The lowest BCUT2D eigenvalue weighted by atomic mass is 9.96. The molecular weight excluding hydrogens is 152 g/mol. The lowest BCUT2D eigenvalue weighted by Gasteiger charge is -2.15. The molecule has 0 atom stereocenters. The molecule has 0 fully saturated rings. The molecule has 0 saturated carbocycles. The first-order valence-corrected chi connectivity index (χ1v) is 4.68. The smallest absolute Gasteiger partial charge is 0.138 e. The molecule has 68 valence electrons. The third kappa shape index (κ3) is 2.36. The van der Waals surface area contributed by atoms with Crippen molar-refractivity contribution in [3.8, 4) is 0 Å². The minimum atomic E-state index is 0.0184. The summed E-state index contributed by atoms with van der Waals surface area (Å²) in [5.74, 6) is 0.551. The summed E-state index contributed by atoms with van der Waals surface area (Å²) >= 11 is 0. The maximum absolute atomic E-state index is 3.96. The van der Waals surface area contributed by atoms with Crippen LogP contribution in [-0.4, -0.2) is 6.17 Å². The van der Waals surface area contributed by atoms with Crippen molar-refractivity contribution in [3.05, 3.63) is 0 Å². The highest BCUT2D eigenvalue weighted by molar-refractivity contribution is 4.72. The number of nitrogens with zero attached hydrogens (tertiary/aromatic N) is 4. The Hall–Kier alpha value is -0.800. The lowest BCUT2D eigenvalue weighted by Crippen LogP contribution is -2.14. The van der Waals surface area contributed by atoms with Crippen molar-refractivity contribution in [1.82, 2.24) is 0 Å². The second-order valence-electron chi connectivity index (χ2n) is 3.16. The van der Waals surface area contributed by atoms with Gasteiger partial charge >= 0.3 is 0 Å². The highest BCUT2D eigenvalue weighted by Gasteiger charge is 2.21. The van der Waals surface area contributed by atoms with E-state index in [2.05, 4.69) is 34.5 Å². The van der Waals surface area contributed by atoms with Crippen molar-refractivity contribution >= 4 is 0 Å². The lowest BCUT2D eigenvalue weighted by molar-refractivity contribution is 0.368. The Morgan fingerprint density at radius 2 is 1.50 bits per heavy atom. The van der Waals surface area contributed by atoms with E-state index in [4.69, 9.17) is 0 Å². The van der Waals surface area contributed by atoms with E-state index in [1.165, 1.54) is 25.7 Å². The average Bonchev–Trinajstić information content (AvgIpc) is 2.56. The first-order valence-electron chi connectivity index (χ1n) is 4.68. The van der Waals surface area contributed by atoms with Gasteiger partial charge in [-0.1, -0.05) is 26.7 Å². The molecule has 0 amide bonds. The van der Waals surface area contributed by atoms with Crippen LogP contribution in [0.2, 0.25) is 0 Å². The molecule has 0 aromatic heterocycles. The van der Waals surface area contributed by atoms with Gasteiger partial charge in [0.15, 0.2) is 6.17 Å². The summed E-state index contributed by atoms with van der Waals surface area (Å²) in [6.45, 7) is 4.37. The van der Waals surface area contributed by atoms with Gasteiger partial charge in [-0.05, 0) is 23.3 Å². The molecule has 12 heavy (non-hydrogen) atoms. The van der Waals surface area contributed by atoms with Gasteiger partial charge in [-0.15, -0.1) is 10.2 Å². The minimum Gasteiger partial charge on any atom is -0.138 e. The van der Waals surface area contributed by atoms with Gasteiger partial charge < -0.3 is 0 Å². The SMILES string of the molecule is CCCC(CCC)C1N=NN=N1. The third-order valence-electron chi connectivity index (χ3n) is 2.12. The fourth-order valence-electron chi connectivity index (χ4n) is 1.55. The van der Waals surface area contributed by atoms with Gasteiger partial charge in [0.05, 0.1) is 0 Å². The molecule has 0 unspecified atom stereocenters. The molecule has 1 aliphatic heterocycles. The zero-order chi connectivity index (χ0) is 8.81. The molecule has 0 aromatic rings. The molecule has 0 aromatic carbocycles. The van der Waals surface area contributed by atoms with Crippen LogP contribution >= 0.6 is 0 Å². The molecule has 0 aliphatic carbocycles. The zero-order valence-electron chi connectivity index (χ0n) is 7.77. The minimum absolute atomic E-state index is 0.0184. The summed E-state index contributed by atoms with van der Waals surface area (Å²) in [7, 11) is 0. The second kappa shape index (κ2) is 4.95. The van der Waals surface area contributed by atoms with E-state index in [-0.39, 0.29) is 6.17 Å². The van der Waals surface area contributed by atoms with Gasteiger partial charge in [0.1, 0.15) is 0 Å². The monoisotopic (exact) mass is 168 g/mol. The van der Waals surface area contributed by atoms with Crippen LogP contribution in [0, 0.1) is 5.92 Å². The van der Waals surface area contributed by atoms with E-state index in [0.717, 1.165) is 0 Å². The van der Waals surface area contributed by atoms with Crippen LogP contribution in [0.1, 0.15) is 39.5 Å². The predicted molar refractivity (Wildman–Crippen MR) is 46.8 cm³/mol. The van der Waals surface area contributed by atoms with Gasteiger partial charge in [0.25, 0.3) is 0 Å². The van der Waals surface area contributed by atoms with Gasteiger partial charge in [0.2, 0.25) is 0 Å². The summed E-state index contributed by atoms with van der Waals surface area (Å²) in [4.78, 5) is 0. The number of rotatable bonds is 5. The fourth-order valence-corrected chi connectivity index (χ4v) is 1.55. The Balaban J connectivity index is 2.40. The molecule has 4 heteroatoms. The Morgan fingerprint density at radius 1 is 1.00 bits per heavy atom. The molecule has 0 saturated heterocycles. The maximum Gasteiger partial charge on any atom is 0.188 e. The van der Waals surface area contributed by atoms with Crippen molar-refractivity contribution < 1.29 is 0 Å². The second-order valence-corrected chi connectivity index (χ2v) is 3.16. The van der Waals surface area contributed by atoms with Crippen molar-refractivity contribution in [1.29, 1.82) is 0 Å². The molecule has 4 nitrogen and oxygen atoms in total. The van der Waals surface area contributed by atoms with Crippen LogP contribution in [0.4, 0.5) is 0 Å². The van der Waals surface area contributed by atoms with Crippen LogP contribution in [0.3, 0.4) is 0 Å². The van der Waals surface area contributed by atoms with Crippen LogP contribution in [0.15, 0.2) is 20.7 Å². The Morgan fingerprint density at radius 3 is 1.92 bits per heavy atom. The number of hydrogen-bond acceptors (Lipinski definition) is 4. The third-order valence-corrected chi connectivity index (χ3v) is 2.12. The molecule has 0 bridgehead atoms. The quantitative estimate of drug-likeness (QED) is 0.604. The van der Waals surface area contributed by atoms with E-state index in [1.54, 1.807) is 0 Å². The van der Waals surface area contributed by atoms with Crippen molar-refractivity contribution in [2.75, 3.05) is 0 Å². The zero-order valence-corrected chi connectivity index (χ0v) is 7.77. The summed E-state index contributed by atoms with van der Waals surface area (Å²) in [6, 6.07) is 0. The molecule has 1 rings (SSSR count). The van der Waals surface area contributed by atoms with Crippen molar-refractivity contribution in [2.24, 2.45) is 26.6 Å². The average molecular weight is 168 g/mol. The predicted octanol–water partition coefficient (Wildman–Crippen LogP) is 3.36. The molecule has 1 aliphatic rings. The van der Waals surface area contributed by atoms with E-state index >= 15 is 0 Å². The molecule has 0 N–H and O–H groups in total. The van der Waals surface area contributed by atoms with Crippen molar-refractivity contribution in [3.63, 3.8) is 0 Å². The van der Waals surface area contributed by atoms with Gasteiger partial charge in [-0.25, -0.2) is 0 Å².